The predicted molar refractivity (Wildman–Crippen MR) is 93.2 cm³/mol. The van der Waals surface area contributed by atoms with E-state index in [4.69, 9.17) is 23.2 Å². The maximum atomic E-state index is 12.9. The summed E-state index contributed by atoms with van der Waals surface area (Å²) in [4.78, 5) is 39.7. The molecule has 24 heavy (non-hydrogen) atoms. The second-order valence-corrected chi connectivity index (χ2v) is 6.36. The van der Waals surface area contributed by atoms with Crippen LogP contribution in [0.25, 0.3) is 16.8 Å². The first kappa shape index (κ1) is 16.5. The molecule has 1 N–H and O–H groups in total. The minimum atomic E-state index is -0.478. The summed E-state index contributed by atoms with van der Waals surface area (Å²) < 4.78 is 2.27. The van der Waals surface area contributed by atoms with Crippen LogP contribution in [0.3, 0.4) is 0 Å². The Balaban J connectivity index is 2.48. The van der Waals surface area contributed by atoms with E-state index in [9.17, 15) is 14.4 Å². The highest BCUT2D eigenvalue weighted by atomic mass is 35.5. The summed E-state index contributed by atoms with van der Waals surface area (Å²) >= 11 is 12.1. The number of hydrogen-bond donors (Lipinski definition) is 1. The normalized spacial score (nSPS) is 11.2. The Hall–Kier alpha value is -2.31. The number of rotatable bonds is 3. The van der Waals surface area contributed by atoms with Crippen LogP contribution in [-0.4, -0.2) is 20.0 Å². The number of aromatic nitrogens is 3. The molecule has 1 aromatic carbocycles. The van der Waals surface area contributed by atoms with Gasteiger partial charge >= 0.3 is 0 Å². The van der Waals surface area contributed by atoms with Gasteiger partial charge in [0.25, 0.3) is 11.1 Å². The van der Waals surface area contributed by atoms with Crippen LogP contribution in [0.15, 0.2) is 33.9 Å². The number of aromatic amines is 1. The van der Waals surface area contributed by atoms with E-state index in [2.05, 4.69) is 4.98 Å². The van der Waals surface area contributed by atoms with Crippen molar-refractivity contribution in [1.82, 2.24) is 14.2 Å². The minimum absolute atomic E-state index is 0.211. The second kappa shape index (κ2) is 5.96. The summed E-state index contributed by atoms with van der Waals surface area (Å²) in [7, 11) is 0. The van der Waals surface area contributed by atoms with Crippen LogP contribution in [0.5, 0.6) is 0 Å². The Morgan fingerprint density at radius 1 is 1.21 bits per heavy atom. The van der Waals surface area contributed by atoms with E-state index in [0.29, 0.717) is 16.3 Å². The summed E-state index contributed by atoms with van der Waals surface area (Å²) in [5.74, 6) is -0.245. The van der Waals surface area contributed by atoms with Crippen molar-refractivity contribution in [1.29, 1.82) is 0 Å². The molecule has 3 rings (SSSR count). The van der Waals surface area contributed by atoms with Crippen LogP contribution < -0.4 is 11.1 Å². The van der Waals surface area contributed by atoms with E-state index in [1.165, 1.54) is 19.1 Å². The Bertz CT molecular complexity index is 1090. The fraction of sp³-hybridized carbons (Fsp3) is 0.188. The highest BCUT2D eigenvalue weighted by Gasteiger charge is 2.21. The number of benzene rings is 1. The smallest absolute Gasteiger partial charge is 0.277 e. The summed E-state index contributed by atoms with van der Waals surface area (Å²) in [6.07, 6.45) is 0. The molecule has 0 fully saturated rings. The van der Waals surface area contributed by atoms with E-state index < -0.39 is 11.1 Å². The number of nitrogens with zero attached hydrogens (tertiary/aromatic N) is 2. The van der Waals surface area contributed by atoms with Crippen molar-refractivity contribution in [3.63, 3.8) is 0 Å². The number of Topliss-reactive ketones (excluding diaryl/α,β-unsaturated/α-hetero) is 1. The molecule has 6 nitrogen and oxygen atoms in total. The molecule has 0 spiro atoms. The van der Waals surface area contributed by atoms with Crippen LogP contribution in [0, 0.1) is 6.92 Å². The summed E-state index contributed by atoms with van der Waals surface area (Å²) in [6.45, 7) is 2.85. The van der Waals surface area contributed by atoms with Gasteiger partial charge in [0.2, 0.25) is 0 Å². The molecule has 0 saturated carbocycles. The zero-order valence-corrected chi connectivity index (χ0v) is 14.4. The number of aryl methyl sites for hydroxylation is 1. The first-order valence-corrected chi connectivity index (χ1v) is 7.85. The van der Waals surface area contributed by atoms with Crippen molar-refractivity contribution in [3.8, 4) is 11.1 Å². The molecule has 0 radical (unpaired) electrons. The number of fused-ring (bicyclic) bond motifs is 1. The molecule has 8 heteroatoms. The maximum Gasteiger partial charge on any atom is 0.277 e. The molecular formula is C16H13Cl2N3O3. The molecule has 0 bridgehead atoms. The molecule has 0 aliphatic heterocycles. The topological polar surface area (TPSA) is 76.3 Å². The molecule has 2 aromatic heterocycles. The molecule has 0 unspecified atom stereocenters. The van der Waals surface area contributed by atoms with Crippen molar-refractivity contribution in [2.24, 2.45) is 0 Å². The number of nitrogens with one attached hydrogen (secondary N) is 1. The number of carbonyl (C=O) groups excluding carboxylic acids is 1. The third-order valence-corrected chi connectivity index (χ3v) is 4.12. The fourth-order valence-electron chi connectivity index (χ4n) is 2.65. The van der Waals surface area contributed by atoms with Crippen molar-refractivity contribution < 1.29 is 4.79 Å². The van der Waals surface area contributed by atoms with Gasteiger partial charge in [-0.05, 0) is 26.0 Å². The van der Waals surface area contributed by atoms with E-state index in [1.807, 2.05) is 0 Å². The van der Waals surface area contributed by atoms with Gasteiger partial charge in [-0.15, -0.1) is 0 Å². The lowest BCUT2D eigenvalue weighted by Crippen LogP contribution is -2.29. The van der Waals surface area contributed by atoms with Gasteiger partial charge in [-0.25, -0.2) is 4.68 Å². The monoisotopic (exact) mass is 365 g/mol. The Morgan fingerprint density at radius 3 is 2.54 bits per heavy atom. The van der Waals surface area contributed by atoms with Gasteiger partial charge in [-0.2, -0.15) is 4.52 Å². The predicted octanol–water partition coefficient (Wildman–Crippen LogP) is 2.66. The van der Waals surface area contributed by atoms with Gasteiger partial charge in [0.15, 0.2) is 5.78 Å². The highest BCUT2D eigenvalue weighted by molar-refractivity contribution is 6.36. The number of H-pyrrole nitrogens is 1. The van der Waals surface area contributed by atoms with E-state index >= 15 is 0 Å². The van der Waals surface area contributed by atoms with Gasteiger partial charge in [0.1, 0.15) is 12.2 Å². The number of carbonyl (C=O) groups is 1. The van der Waals surface area contributed by atoms with Gasteiger partial charge in [-0.1, -0.05) is 29.3 Å². The zero-order valence-electron chi connectivity index (χ0n) is 12.9. The number of halogens is 2. The Labute approximate surface area is 146 Å². The van der Waals surface area contributed by atoms with Gasteiger partial charge in [0, 0.05) is 22.3 Å². The standard InChI is InChI=1S/C16H13Cl2N3O3/c1-8-5-13(23)21-15(19-8)14(16(24)20(21)7-9(2)22)11-4-3-10(17)6-12(11)18/h3-6,19H,7H2,1-2H3. The first-order chi connectivity index (χ1) is 11.3. The average molecular weight is 366 g/mol. The molecular weight excluding hydrogens is 353 g/mol. The first-order valence-electron chi connectivity index (χ1n) is 7.10. The number of ketones is 1. The van der Waals surface area contributed by atoms with Crippen LogP contribution in [0.2, 0.25) is 10.0 Å². The van der Waals surface area contributed by atoms with E-state index in [-0.39, 0.29) is 28.6 Å². The lowest BCUT2D eigenvalue weighted by atomic mass is 10.1. The van der Waals surface area contributed by atoms with E-state index in [0.717, 1.165) is 9.20 Å². The van der Waals surface area contributed by atoms with Crippen molar-refractivity contribution >= 4 is 34.6 Å². The van der Waals surface area contributed by atoms with Crippen molar-refractivity contribution in [2.45, 2.75) is 20.4 Å². The third-order valence-electron chi connectivity index (χ3n) is 3.58. The summed E-state index contributed by atoms with van der Waals surface area (Å²) in [6, 6.07) is 6.09. The lowest BCUT2D eigenvalue weighted by molar-refractivity contribution is -0.117. The third kappa shape index (κ3) is 2.68. The van der Waals surface area contributed by atoms with E-state index in [1.54, 1.807) is 19.1 Å². The number of hydrogen-bond acceptors (Lipinski definition) is 3. The molecule has 0 amide bonds. The van der Waals surface area contributed by atoms with Crippen LogP contribution in [0.4, 0.5) is 0 Å². The zero-order chi connectivity index (χ0) is 17.6. The highest BCUT2D eigenvalue weighted by Crippen LogP contribution is 2.30. The molecule has 0 aliphatic rings. The molecule has 124 valence electrons. The Morgan fingerprint density at radius 2 is 1.92 bits per heavy atom. The van der Waals surface area contributed by atoms with Gasteiger partial charge in [-0.3, -0.25) is 14.4 Å². The van der Waals surface area contributed by atoms with Crippen LogP contribution >= 0.6 is 23.2 Å². The molecule has 0 atom stereocenters. The summed E-state index contributed by atoms with van der Waals surface area (Å²) in [5, 5.41) is 0.713. The van der Waals surface area contributed by atoms with Crippen molar-refractivity contribution in [3.05, 3.63) is 60.7 Å². The van der Waals surface area contributed by atoms with Crippen LogP contribution in [0.1, 0.15) is 12.6 Å². The molecule has 0 aliphatic carbocycles. The second-order valence-electron chi connectivity index (χ2n) is 5.51. The maximum absolute atomic E-state index is 12.9. The lowest BCUT2D eigenvalue weighted by Gasteiger charge is -2.04. The molecule has 3 aromatic rings. The SMILES string of the molecule is CC(=O)Cn1c(=O)c(-c2ccc(Cl)cc2Cl)c2[nH]c(C)cc(=O)n21. The largest absolute Gasteiger partial charge is 0.343 e. The quantitative estimate of drug-likeness (QED) is 0.774. The molecule has 0 saturated heterocycles. The fourth-order valence-corrected chi connectivity index (χ4v) is 3.15. The Kier molecular flexibility index (Phi) is 4.11. The van der Waals surface area contributed by atoms with Gasteiger partial charge in [0.05, 0.1) is 10.6 Å². The average Bonchev–Trinajstić information content (AvgIpc) is 2.72. The summed E-state index contributed by atoms with van der Waals surface area (Å²) in [5.41, 5.74) is 0.650. The molecule has 2 heterocycles. The van der Waals surface area contributed by atoms with Crippen LogP contribution in [-0.2, 0) is 11.3 Å². The minimum Gasteiger partial charge on any atom is -0.343 e. The van der Waals surface area contributed by atoms with Gasteiger partial charge < -0.3 is 4.98 Å². The van der Waals surface area contributed by atoms with Crippen molar-refractivity contribution in [2.75, 3.05) is 0 Å².